The van der Waals surface area contributed by atoms with Gasteiger partial charge >= 0.3 is 0 Å². The van der Waals surface area contributed by atoms with Crippen LogP contribution >= 0.6 is 0 Å². The van der Waals surface area contributed by atoms with E-state index >= 15 is 0 Å². The molecule has 0 aromatic heterocycles. The van der Waals surface area contributed by atoms with E-state index in [9.17, 15) is 9.59 Å². The first kappa shape index (κ1) is 21.3. The molecular weight excluding hydrogens is 372 g/mol. The van der Waals surface area contributed by atoms with Crippen LogP contribution < -0.4 is 5.32 Å². The zero-order valence-electron chi connectivity index (χ0n) is 17.5. The summed E-state index contributed by atoms with van der Waals surface area (Å²) < 4.78 is 0. The Balaban J connectivity index is 1.94. The number of rotatable bonds is 8. The molecule has 3 aromatic carbocycles. The average molecular weight is 401 g/mol. The molecule has 2 amide bonds. The van der Waals surface area contributed by atoms with Crippen molar-refractivity contribution in [3.63, 3.8) is 0 Å². The van der Waals surface area contributed by atoms with E-state index in [1.54, 1.807) is 11.9 Å². The highest BCUT2D eigenvalue weighted by Gasteiger charge is 2.30. The molecule has 0 fully saturated rings. The summed E-state index contributed by atoms with van der Waals surface area (Å²) in [6.45, 7) is 2.42. The summed E-state index contributed by atoms with van der Waals surface area (Å²) in [4.78, 5) is 28.0. The van der Waals surface area contributed by atoms with Crippen LogP contribution in [0, 0.1) is 6.92 Å². The maximum absolute atomic E-state index is 13.4. The fourth-order valence-electron chi connectivity index (χ4n) is 3.56. The van der Waals surface area contributed by atoms with Crippen LogP contribution in [-0.4, -0.2) is 29.8 Å². The van der Waals surface area contributed by atoms with Gasteiger partial charge in [0.2, 0.25) is 11.8 Å². The van der Waals surface area contributed by atoms with Gasteiger partial charge in [-0.3, -0.25) is 9.59 Å². The third-order valence-electron chi connectivity index (χ3n) is 5.32. The van der Waals surface area contributed by atoms with Gasteiger partial charge in [-0.2, -0.15) is 0 Å². The monoisotopic (exact) mass is 400 g/mol. The molecule has 4 heteroatoms. The van der Waals surface area contributed by atoms with Gasteiger partial charge in [-0.1, -0.05) is 84.9 Å². The second kappa shape index (κ2) is 10.4. The molecule has 0 aliphatic carbocycles. The maximum Gasteiger partial charge on any atom is 0.242 e. The predicted molar refractivity (Wildman–Crippen MR) is 120 cm³/mol. The topological polar surface area (TPSA) is 49.4 Å². The first-order valence-electron chi connectivity index (χ1n) is 10.2. The van der Waals surface area contributed by atoms with Gasteiger partial charge in [0.15, 0.2) is 0 Å². The van der Waals surface area contributed by atoms with Gasteiger partial charge < -0.3 is 10.2 Å². The standard InChI is InChI=1S/C26H28N2O2/c1-20-11-9-10-16-23(20)19-28(25(29)18-22-14-7-4-8-15-22)24(26(30)27-2)17-21-12-5-3-6-13-21/h3-16,24H,17-19H2,1-2H3,(H,27,30)/t24-/m0/s1. The molecule has 1 atom stereocenters. The Morgan fingerprint density at radius 2 is 1.40 bits per heavy atom. The highest BCUT2D eigenvalue weighted by atomic mass is 16.2. The van der Waals surface area contributed by atoms with Gasteiger partial charge in [0.05, 0.1) is 6.42 Å². The normalized spacial score (nSPS) is 11.5. The van der Waals surface area contributed by atoms with Gasteiger partial charge in [0.1, 0.15) is 6.04 Å². The Hall–Kier alpha value is -3.40. The molecule has 0 saturated heterocycles. The Morgan fingerprint density at radius 1 is 0.833 bits per heavy atom. The number of carbonyl (C=O) groups is 2. The van der Waals surface area contributed by atoms with E-state index in [2.05, 4.69) is 5.32 Å². The highest BCUT2D eigenvalue weighted by molar-refractivity contribution is 5.88. The van der Waals surface area contributed by atoms with Gasteiger partial charge in [-0.15, -0.1) is 0 Å². The summed E-state index contributed by atoms with van der Waals surface area (Å²) in [5.74, 6) is -0.220. The number of amides is 2. The largest absolute Gasteiger partial charge is 0.357 e. The maximum atomic E-state index is 13.4. The minimum absolute atomic E-state index is 0.0611. The number of carbonyl (C=O) groups excluding carboxylic acids is 2. The number of hydrogen-bond acceptors (Lipinski definition) is 2. The first-order valence-corrected chi connectivity index (χ1v) is 10.2. The van der Waals surface area contributed by atoms with Crippen molar-refractivity contribution in [2.75, 3.05) is 7.05 Å². The van der Waals surface area contributed by atoms with Crippen LogP contribution in [-0.2, 0) is 29.0 Å². The molecule has 0 aliphatic heterocycles. The third-order valence-corrected chi connectivity index (χ3v) is 5.32. The fraction of sp³-hybridized carbons (Fsp3) is 0.231. The van der Waals surface area contributed by atoms with Crippen molar-refractivity contribution in [1.82, 2.24) is 10.2 Å². The molecule has 4 nitrogen and oxygen atoms in total. The molecule has 3 aromatic rings. The first-order chi connectivity index (χ1) is 14.6. The summed E-state index contributed by atoms with van der Waals surface area (Å²) in [5.41, 5.74) is 4.10. The van der Waals surface area contributed by atoms with Crippen molar-refractivity contribution in [2.24, 2.45) is 0 Å². The minimum atomic E-state index is -0.590. The summed E-state index contributed by atoms with van der Waals surface area (Å²) in [6.07, 6.45) is 0.724. The SMILES string of the molecule is CNC(=O)[C@H](Cc1ccccc1)N(Cc1ccccc1C)C(=O)Cc1ccccc1. The van der Waals surface area contributed by atoms with Crippen molar-refractivity contribution in [3.05, 3.63) is 107 Å². The molecule has 0 unspecified atom stereocenters. The van der Waals surface area contributed by atoms with E-state index < -0.39 is 6.04 Å². The number of likely N-dealkylation sites (N-methyl/N-ethyl adjacent to an activating group) is 1. The Morgan fingerprint density at radius 3 is 2.00 bits per heavy atom. The number of nitrogens with zero attached hydrogens (tertiary/aromatic N) is 1. The summed E-state index contributed by atoms with van der Waals surface area (Å²) in [6, 6.07) is 26.9. The summed E-state index contributed by atoms with van der Waals surface area (Å²) >= 11 is 0. The lowest BCUT2D eigenvalue weighted by Gasteiger charge is -2.31. The lowest BCUT2D eigenvalue weighted by molar-refractivity contribution is -0.140. The van der Waals surface area contributed by atoms with Crippen molar-refractivity contribution >= 4 is 11.8 Å². The number of nitrogens with one attached hydrogen (secondary N) is 1. The molecule has 0 heterocycles. The highest BCUT2D eigenvalue weighted by Crippen LogP contribution is 2.18. The number of benzene rings is 3. The van der Waals surface area contributed by atoms with Crippen LogP contribution in [0.25, 0.3) is 0 Å². The van der Waals surface area contributed by atoms with E-state index in [-0.39, 0.29) is 18.2 Å². The van der Waals surface area contributed by atoms with Gasteiger partial charge in [0, 0.05) is 20.0 Å². The van der Waals surface area contributed by atoms with E-state index in [1.807, 2.05) is 91.9 Å². The lowest BCUT2D eigenvalue weighted by Crippen LogP contribution is -2.50. The van der Waals surface area contributed by atoms with E-state index in [0.29, 0.717) is 13.0 Å². The molecule has 0 saturated carbocycles. The number of aryl methyl sites for hydroxylation is 1. The Bertz CT molecular complexity index is 971. The molecule has 1 N–H and O–H groups in total. The Labute approximate surface area is 178 Å². The van der Waals surface area contributed by atoms with Gasteiger partial charge in [-0.05, 0) is 29.2 Å². The van der Waals surface area contributed by atoms with Crippen LogP contribution in [0.5, 0.6) is 0 Å². The van der Waals surface area contributed by atoms with Crippen LogP contribution in [0.4, 0.5) is 0 Å². The van der Waals surface area contributed by atoms with Gasteiger partial charge in [0.25, 0.3) is 0 Å². The van der Waals surface area contributed by atoms with Crippen LogP contribution in [0.1, 0.15) is 22.3 Å². The molecule has 3 rings (SSSR count). The fourth-order valence-corrected chi connectivity index (χ4v) is 3.56. The van der Waals surface area contributed by atoms with Crippen LogP contribution in [0.3, 0.4) is 0 Å². The lowest BCUT2D eigenvalue weighted by atomic mass is 10.0. The van der Waals surface area contributed by atoms with Gasteiger partial charge in [-0.25, -0.2) is 0 Å². The van der Waals surface area contributed by atoms with Crippen LogP contribution in [0.15, 0.2) is 84.9 Å². The minimum Gasteiger partial charge on any atom is -0.357 e. The summed E-state index contributed by atoms with van der Waals surface area (Å²) in [5, 5.41) is 2.75. The predicted octanol–water partition coefficient (Wildman–Crippen LogP) is 3.92. The second-order valence-electron chi connectivity index (χ2n) is 7.43. The average Bonchev–Trinajstić information content (AvgIpc) is 2.78. The number of hydrogen-bond donors (Lipinski definition) is 1. The second-order valence-corrected chi connectivity index (χ2v) is 7.43. The third kappa shape index (κ3) is 5.57. The van der Waals surface area contributed by atoms with Crippen LogP contribution in [0.2, 0.25) is 0 Å². The van der Waals surface area contributed by atoms with Crippen molar-refractivity contribution in [2.45, 2.75) is 32.4 Å². The van der Waals surface area contributed by atoms with E-state index in [0.717, 1.165) is 22.3 Å². The van der Waals surface area contributed by atoms with Crippen molar-refractivity contribution in [3.8, 4) is 0 Å². The zero-order valence-corrected chi connectivity index (χ0v) is 17.5. The van der Waals surface area contributed by atoms with Crippen molar-refractivity contribution in [1.29, 1.82) is 0 Å². The molecule has 0 bridgehead atoms. The smallest absolute Gasteiger partial charge is 0.242 e. The quantitative estimate of drug-likeness (QED) is 0.623. The summed E-state index contributed by atoms with van der Waals surface area (Å²) in [7, 11) is 1.62. The molecule has 30 heavy (non-hydrogen) atoms. The molecule has 0 spiro atoms. The Kier molecular flexibility index (Phi) is 7.39. The zero-order chi connectivity index (χ0) is 21.3. The van der Waals surface area contributed by atoms with E-state index in [1.165, 1.54) is 0 Å². The van der Waals surface area contributed by atoms with E-state index in [4.69, 9.17) is 0 Å². The molecular formula is C26H28N2O2. The molecule has 154 valence electrons. The molecule has 0 aliphatic rings. The van der Waals surface area contributed by atoms with Crippen molar-refractivity contribution < 1.29 is 9.59 Å². The molecule has 0 radical (unpaired) electrons.